The summed E-state index contributed by atoms with van der Waals surface area (Å²) in [5.74, 6) is 0. The van der Waals surface area contributed by atoms with Crippen molar-refractivity contribution in [3.63, 3.8) is 0 Å². The van der Waals surface area contributed by atoms with Gasteiger partial charge in [0.1, 0.15) is 0 Å². The molecule has 0 heterocycles. The van der Waals surface area contributed by atoms with Crippen LogP contribution >= 0.6 is 0 Å². The summed E-state index contributed by atoms with van der Waals surface area (Å²) in [7, 11) is 3.02. The Labute approximate surface area is 60.2 Å². The molecule has 0 amide bonds. The molecule has 1 saturated carbocycles. The van der Waals surface area contributed by atoms with Crippen LogP contribution in [-0.4, -0.2) is 31.6 Å². The monoisotopic (exact) mass is 146 g/mol. The molecule has 1 fully saturated rings. The summed E-state index contributed by atoms with van der Waals surface area (Å²) in [5.41, 5.74) is 0. The fourth-order valence-electron chi connectivity index (χ4n) is 1.01. The van der Waals surface area contributed by atoms with Crippen molar-refractivity contribution in [2.45, 2.75) is 25.0 Å². The van der Waals surface area contributed by atoms with Crippen molar-refractivity contribution in [3.05, 3.63) is 5.21 Å². The molecule has 0 atom stereocenters. The minimum atomic E-state index is 0.0763. The van der Waals surface area contributed by atoms with E-state index >= 15 is 0 Å². The van der Waals surface area contributed by atoms with Gasteiger partial charge in [-0.15, -0.1) is 0 Å². The van der Waals surface area contributed by atoms with E-state index in [0.717, 1.165) is 12.8 Å². The van der Waals surface area contributed by atoms with E-state index < -0.39 is 0 Å². The van der Waals surface area contributed by atoms with Crippen molar-refractivity contribution in [1.29, 1.82) is 0 Å². The number of hydroxylamine groups is 2. The predicted molar refractivity (Wildman–Crippen MR) is 36.0 cm³/mol. The molecule has 0 aromatic carbocycles. The van der Waals surface area contributed by atoms with Gasteiger partial charge in [0, 0.05) is 20.0 Å². The minimum Gasteiger partial charge on any atom is -0.762 e. The number of rotatable bonds is 3. The van der Waals surface area contributed by atoms with Gasteiger partial charge in [-0.1, -0.05) is 0 Å². The fourth-order valence-corrected chi connectivity index (χ4v) is 1.01. The maximum absolute atomic E-state index is 10.3. The highest BCUT2D eigenvalue weighted by molar-refractivity contribution is 4.80. The maximum atomic E-state index is 10.3. The van der Waals surface area contributed by atoms with Gasteiger partial charge in [-0.25, -0.2) is 0 Å². The Morgan fingerprint density at radius 1 is 1.40 bits per heavy atom. The standard InChI is InChI=1S/C6H12NO3/c1-7(8)10-6-3-5(4-6)9-2/h5-6H,3-4H2,1-2H3/q-1. The van der Waals surface area contributed by atoms with Gasteiger partial charge >= 0.3 is 0 Å². The molecule has 0 spiro atoms. The van der Waals surface area contributed by atoms with Crippen LogP contribution < -0.4 is 0 Å². The fraction of sp³-hybridized carbons (Fsp3) is 1.00. The Bertz CT molecular complexity index is 101. The van der Waals surface area contributed by atoms with Gasteiger partial charge in [-0.05, 0) is 7.05 Å². The second-order valence-corrected chi connectivity index (χ2v) is 2.50. The van der Waals surface area contributed by atoms with E-state index in [9.17, 15) is 5.21 Å². The molecule has 1 aliphatic rings. The van der Waals surface area contributed by atoms with Gasteiger partial charge < -0.3 is 14.8 Å². The van der Waals surface area contributed by atoms with E-state index in [2.05, 4.69) is 0 Å². The second-order valence-electron chi connectivity index (χ2n) is 2.50. The number of nitrogens with zero attached hydrogens (tertiary/aromatic N) is 1. The number of hydrogen-bond acceptors (Lipinski definition) is 4. The van der Waals surface area contributed by atoms with E-state index in [1.54, 1.807) is 7.11 Å². The van der Waals surface area contributed by atoms with Crippen LogP contribution in [0.1, 0.15) is 12.8 Å². The van der Waals surface area contributed by atoms with Crippen molar-refractivity contribution in [2.75, 3.05) is 14.2 Å². The summed E-state index contributed by atoms with van der Waals surface area (Å²) >= 11 is 0. The van der Waals surface area contributed by atoms with Crippen molar-refractivity contribution in [3.8, 4) is 0 Å². The summed E-state index contributed by atoms with van der Waals surface area (Å²) in [6, 6.07) is 0. The van der Waals surface area contributed by atoms with Crippen LogP contribution in [-0.2, 0) is 9.57 Å². The predicted octanol–water partition coefficient (Wildman–Crippen LogP) is 0.525. The zero-order valence-corrected chi connectivity index (χ0v) is 6.24. The summed E-state index contributed by atoms with van der Waals surface area (Å²) in [5, 5.41) is 10.8. The van der Waals surface area contributed by atoms with Gasteiger partial charge in [0.25, 0.3) is 0 Å². The first-order valence-electron chi connectivity index (χ1n) is 3.33. The lowest BCUT2D eigenvalue weighted by molar-refractivity contribution is -0.201. The first-order valence-corrected chi connectivity index (χ1v) is 3.33. The molecule has 0 aromatic rings. The van der Waals surface area contributed by atoms with Crippen molar-refractivity contribution >= 4 is 0 Å². The van der Waals surface area contributed by atoms with E-state index in [-0.39, 0.29) is 6.10 Å². The minimum absolute atomic E-state index is 0.0763. The average Bonchev–Trinajstić information content (AvgIpc) is 1.76. The highest BCUT2D eigenvalue weighted by atomic mass is 16.9. The topological polar surface area (TPSA) is 44.8 Å². The van der Waals surface area contributed by atoms with Gasteiger partial charge in [-0.3, -0.25) is 5.23 Å². The van der Waals surface area contributed by atoms with Crippen LogP contribution in [0.15, 0.2) is 0 Å². The molecular weight excluding hydrogens is 134 g/mol. The summed E-state index contributed by atoms with van der Waals surface area (Å²) in [6.45, 7) is 0. The number of hydrogen-bond donors (Lipinski definition) is 0. The third kappa shape index (κ3) is 1.91. The van der Waals surface area contributed by atoms with Gasteiger partial charge in [-0.2, -0.15) is 0 Å². The first kappa shape index (κ1) is 7.94. The van der Waals surface area contributed by atoms with E-state index in [4.69, 9.17) is 9.57 Å². The zero-order valence-electron chi connectivity index (χ0n) is 6.24. The second kappa shape index (κ2) is 3.30. The quantitative estimate of drug-likeness (QED) is 0.545. The van der Waals surface area contributed by atoms with Crippen molar-refractivity contribution in [1.82, 2.24) is 5.23 Å². The largest absolute Gasteiger partial charge is 0.762 e. The number of methoxy groups -OCH3 is 1. The molecule has 0 N–H and O–H groups in total. The molecule has 10 heavy (non-hydrogen) atoms. The van der Waals surface area contributed by atoms with E-state index in [1.807, 2.05) is 0 Å². The Kier molecular flexibility index (Phi) is 2.62. The van der Waals surface area contributed by atoms with E-state index in [1.165, 1.54) is 7.05 Å². The maximum Gasteiger partial charge on any atom is 0.0830 e. The highest BCUT2D eigenvalue weighted by Crippen LogP contribution is 2.25. The molecule has 4 heteroatoms. The SMILES string of the molecule is COC1CC(ON(C)[O-])C1. The lowest BCUT2D eigenvalue weighted by atomic mass is 9.92. The van der Waals surface area contributed by atoms with Crippen LogP contribution in [0, 0.1) is 5.21 Å². The molecule has 0 bridgehead atoms. The van der Waals surface area contributed by atoms with E-state index in [0.29, 0.717) is 11.3 Å². The smallest absolute Gasteiger partial charge is 0.0830 e. The molecule has 0 unspecified atom stereocenters. The zero-order chi connectivity index (χ0) is 7.56. The van der Waals surface area contributed by atoms with Crippen LogP contribution in [0.25, 0.3) is 0 Å². The van der Waals surface area contributed by atoms with Crippen molar-refractivity contribution in [2.24, 2.45) is 0 Å². The number of ether oxygens (including phenoxy) is 1. The summed E-state index contributed by atoms with van der Waals surface area (Å²) in [4.78, 5) is 4.82. The van der Waals surface area contributed by atoms with Crippen LogP contribution in [0.4, 0.5) is 0 Å². The molecule has 60 valence electrons. The lowest BCUT2D eigenvalue weighted by Crippen LogP contribution is -2.39. The molecular formula is C6H12NO3-. The molecule has 4 nitrogen and oxygen atoms in total. The van der Waals surface area contributed by atoms with Gasteiger partial charge in [0.2, 0.25) is 0 Å². The van der Waals surface area contributed by atoms with Gasteiger partial charge in [0.15, 0.2) is 0 Å². The Morgan fingerprint density at radius 2 is 2.00 bits per heavy atom. The van der Waals surface area contributed by atoms with Crippen LogP contribution in [0.5, 0.6) is 0 Å². The third-order valence-corrected chi connectivity index (χ3v) is 1.68. The van der Waals surface area contributed by atoms with Crippen LogP contribution in [0.2, 0.25) is 0 Å². The first-order chi connectivity index (χ1) is 4.72. The highest BCUT2D eigenvalue weighted by Gasteiger charge is 2.29. The third-order valence-electron chi connectivity index (χ3n) is 1.68. The van der Waals surface area contributed by atoms with Gasteiger partial charge in [0.05, 0.1) is 12.2 Å². The van der Waals surface area contributed by atoms with Crippen LogP contribution in [0.3, 0.4) is 0 Å². The molecule has 1 aliphatic carbocycles. The van der Waals surface area contributed by atoms with Crippen molar-refractivity contribution < 1.29 is 9.57 Å². The molecule has 0 saturated heterocycles. The molecule has 1 rings (SSSR count). The molecule has 0 aromatic heterocycles. The Balaban J connectivity index is 2.03. The molecule has 0 radical (unpaired) electrons. The molecule has 0 aliphatic heterocycles. The average molecular weight is 146 g/mol. The summed E-state index contributed by atoms with van der Waals surface area (Å²) < 4.78 is 5.00. The normalized spacial score (nSPS) is 32.4. The Morgan fingerprint density at radius 3 is 2.40 bits per heavy atom. The summed E-state index contributed by atoms with van der Waals surface area (Å²) in [6.07, 6.45) is 2.05. The Hall–Kier alpha value is -0.160. The lowest BCUT2D eigenvalue weighted by Gasteiger charge is -2.37.